The number of halogens is 2. The van der Waals surface area contributed by atoms with Crippen LogP contribution in [-0.4, -0.2) is 43.1 Å². The van der Waals surface area contributed by atoms with Crippen LogP contribution in [0.25, 0.3) is 5.65 Å². The van der Waals surface area contributed by atoms with Gasteiger partial charge in [-0.1, -0.05) is 13.8 Å². The van der Waals surface area contributed by atoms with Crippen LogP contribution in [0.3, 0.4) is 0 Å². The zero-order valence-corrected chi connectivity index (χ0v) is 18.7. The molecule has 0 spiro atoms. The number of rotatable bonds is 7. The number of fused-ring (bicyclic) bond motifs is 1. The van der Waals surface area contributed by atoms with E-state index in [9.17, 15) is 28.3 Å². The number of carbonyl (C=O) groups is 2. The molecule has 2 aliphatic carbocycles. The molecule has 0 saturated heterocycles. The molecular formula is C22H29F2N5O4. The summed E-state index contributed by atoms with van der Waals surface area (Å²) in [5.41, 5.74) is -0.346. The molecule has 2 fully saturated rings. The number of amides is 2. The van der Waals surface area contributed by atoms with Crippen molar-refractivity contribution in [3.8, 4) is 5.88 Å². The number of alkyl halides is 2. The quantitative estimate of drug-likeness (QED) is 0.580. The monoisotopic (exact) mass is 465 g/mol. The van der Waals surface area contributed by atoms with Gasteiger partial charge in [-0.2, -0.15) is 9.61 Å². The Morgan fingerprint density at radius 3 is 2.52 bits per heavy atom. The molecule has 0 aromatic carbocycles. The van der Waals surface area contributed by atoms with Gasteiger partial charge in [-0.05, 0) is 31.6 Å². The third kappa shape index (κ3) is 4.86. The van der Waals surface area contributed by atoms with Crippen LogP contribution >= 0.6 is 0 Å². The van der Waals surface area contributed by atoms with E-state index in [1.54, 1.807) is 0 Å². The molecule has 2 aromatic rings. The van der Waals surface area contributed by atoms with Crippen LogP contribution in [0.15, 0.2) is 11.0 Å². The molecule has 33 heavy (non-hydrogen) atoms. The van der Waals surface area contributed by atoms with Crippen molar-refractivity contribution in [2.45, 2.75) is 77.4 Å². The molecule has 11 heteroatoms. The lowest BCUT2D eigenvalue weighted by Gasteiger charge is -2.27. The zero-order valence-electron chi connectivity index (χ0n) is 18.7. The first-order valence-corrected chi connectivity index (χ1v) is 11.4. The van der Waals surface area contributed by atoms with Crippen molar-refractivity contribution in [3.63, 3.8) is 0 Å². The fourth-order valence-electron chi connectivity index (χ4n) is 4.22. The van der Waals surface area contributed by atoms with E-state index in [0.717, 1.165) is 17.4 Å². The standard InChI is InChI=1S/C22H29F2N5O4/c1-12(2)11-28-19-14(9-25-17(30)13-5-7-22(23,24)8-6-13)10-26-29(19)21(33)16(20(28)32)18(31)27-15-3-4-15/h10,12-13,15,32H,3-9,11H2,1-2H3,(H,25,30)(H,27,31). The molecule has 2 heterocycles. The fourth-order valence-corrected chi connectivity index (χ4v) is 4.22. The summed E-state index contributed by atoms with van der Waals surface area (Å²) in [6.07, 6.45) is 2.69. The number of nitrogens with one attached hydrogen (secondary N) is 2. The lowest BCUT2D eigenvalue weighted by molar-refractivity contribution is -0.129. The van der Waals surface area contributed by atoms with E-state index in [2.05, 4.69) is 15.7 Å². The Kier molecular flexibility index (Phi) is 6.15. The summed E-state index contributed by atoms with van der Waals surface area (Å²) in [5, 5.41) is 20.5. The van der Waals surface area contributed by atoms with Crippen molar-refractivity contribution in [2.24, 2.45) is 11.8 Å². The first-order chi connectivity index (χ1) is 15.6. The Hall–Kier alpha value is -2.98. The van der Waals surface area contributed by atoms with E-state index < -0.39 is 29.2 Å². The maximum atomic E-state index is 13.4. The van der Waals surface area contributed by atoms with E-state index in [1.807, 2.05) is 13.8 Å². The third-order valence-corrected chi connectivity index (χ3v) is 6.19. The molecule has 2 aromatic heterocycles. The Bertz CT molecular complexity index is 1130. The molecule has 2 aliphatic rings. The van der Waals surface area contributed by atoms with Crippen LogP contribution in [0.4, 0.5) is 8.78 Å². The largest absolute Gasteiger partial charge is 0.494 e. The van der Waals surface area contributed by atoms with E-state index in [0.29, 0.717) is 12.1 Å². The van der Waals surface area contributed by atoms with E-state index in [-0.39, 0.29) is 61.3 Å². The number of aromatic hydroxyl groups is 1. The zero-order chi connectivity index (χ0) is 23.9. The summed E-state index contributed by atoms with van der Waals surface area (Å²) in [6.45, 7) is 4.17. The lowest BCUT2D eigenvalue weighted by Crippen LogP contribution is -2.36. The van der Waals surface area contributed by atoms with Gasteiger partial charge in [0.05, 0.1) is 6.20 Å². The second kappa shape index (κ2) is 8.75. The number of nitrogens with zero attached hydrogens (tertiary/aromatic N) is 3. The van der Waals surface area contributed by atoms with Gasteiger partial charge < -0.3 is 15.7 Å². The Labute approximate surface area is 189 Å². The van der Waals surface area contributed by atoms with Crippen molar-refractivity contribution in [2.75, 3.05) is 0 Å². The molecule has 9 nitrogen and oxygen atoms in total. The van der Waals surface area contributed by atoms with Gasteiger partial charge in [-0.3, -0.25) is 19.0 Å². The van der Waals surface area contributed by atoms with Gasteiger partial charge in [0.2, 0.25) is 17.7 Å². The van der Waals surface area contributed by atoms with Gasteiger partial charge >= 0.3 is 0 Å². The molecule has 0 atom stereocenters. The fraction of sp³-hybridized carbons (Fsp3) is 0.636. The molecule has 3 N–H and O–H groups in total. The van der Waals surface area contributed by atoms with Gasteiger partial charge in [-0.15, -0.1) is 0 Å². The first kappa shape index (κ1) is 23.2. The van der Waals surface area contributed by atoms with Crippen molar-refractivity contribution in [3.05, 3.63) is 27.7 Å². The lowest BCUT2D eigenvalue weighted by atomic mass is 9.86. The average molecular weight is 466 g/mol. The first-order valence-electron chi connectivity index (χ1n) is 11.4. The van der Waals surface area contributed by atoms with Crippen LogP contribution < -0.4 is 16.2 Å². The molecule has 0 aliphatic heterocycles. The van der Waals surface area contributed by atoms with Crippen molar-refractivity contribution in [1.82, 2.24) is 24.8 Å². The summed E-state index contributed by atoms with van der Waals surface area (Å²) < 4.78 is 29.3. The minimum absolute atomic E-state index is 0.00803. The maximum Gasteiger partial charge on any atom is 0.291 e. The van der Waals surface area contributed by atoms with E-state index in [4.69, 9.17) is 0 Å². The molecule has 0 unspecified atom stereocenters. The van der Waals surface area contributed by atoms with Gasteiger partial charge in [0.1, 0.15) is 5.65 Å². The van der Waals surface area contributed by atoms with Gasteiger partial charge in [-0.25, -0.2) is 8.78 Å². The van der Waals surface area contributed by atoms with Crippen molar-refractivity contribution < 1.29 is 23.5 Å². The van der Waals surface area contributed by atoms with Crippen LogP contribution in [0, 0.1) is 11.8 Å². The predicted octanol–water partition coefficient (Wildman–Crippen LogP) is 2.19. The predicted molar refractivity (Wildman–Crippen MR) is 115 cm³/mol. The van der Waals surface area contributed by atoms with Crippen LogP contribution in [0.1, 0.15) is 68.3 Å². The average Bonchev–Trinajstić information content (AvgIpc) is 3.44. The Morgan fingerprint density at radius 1 is 1.24 bits per heavy atom. The summed E-state index contributed by atoms with van der Waals surface area (Å²) in [7, 11) is 0. The normalized spacial score (nSPS) is 18.6. The second-order valence-corrected chi connectivity index (χ2v) is 9.51. The molecule has 2 amide bonds. The topological polar surface area (TPSA) is 118 Å². The molecular weight excluding hydrogens is 436 g/mol. The maximum absolute atomic E-state index is 13.4. The molecule has 4 rings (SSSR count). The van der Waals surface area contributed by atoms with Crippen LogP contribution in [0.5, 0.6) is 5.88 Å². The molecule has 0 radical (unpaired) electrons. The van der Waals surface area contributed by atoms with Crippen LogP contribution in [-0.2, 0) is 17.9 Å². The summed E-state index contributed by atoms with van der Waals surface area (Å²) in [4.78, 5) is 38.2. The highest BCUT2D eigenvalue weighted by Gasteiger charge is 2.37. The number of aromatic nitrogens is 3. The van der Waals surface area contributed by atoms with Gasteiger partial charge in [0.15, 0.2) is 5.56 Å². The number of hydrogen-bond donors (Lipinski definition) is 3. The minimum atomic E-state index is -2.72. The highest BCUT2D eigenvalue weighted by atomic mass is 19.3. The van der Waals surface area contributed by atoms with Crippen molar-refractivity contribution in [1.29, 1.82) is 0 Å². The molecule has 0 bridgehead atoms. The third-order valence-electron chi connectivity index (χ3n) is 6.19. The Morgan fingerprint density at radius 2 is 1.91 bits per heavy atom. The van der Waals surface area contributed by atoms with Gasteiger partial charge in [0.25, 0.3) is 11.5 Å². The summed E-state index contributed by atoms with van der Waals surface area (Å²) in [5.74, 6) is -4.54. The number of hydrogen-bond acceptors (Lipinski definition) is 5. The van der Waals surface area contributed by atoms with E-state index in [1.165, 1.54) is 10.8 Å². The minimum Gasteiger partial charge on any atom is -0.494 e. The smallest absolute Gasteiger partial charge is 0.291 e. The van der Waals surface area contributed by atoms with Gasteiger partial charge in [0, 0.05) is 43.5 Å². The second-order valence-electron chi connectivity index (χ2n) is 9.51. The number of carbonyl (C=O) groups excluding carboxylic acids is 2. The van der Waals surface area contributed by atoms with Crippen molar-refractivity contribution >= 4 is 17.5 Å². The van der Waals surface area contributed by atoms with Crippen LogP contribution in [0.2, 0.25) is 0 Å². The summed E-state index contributed by atoms with van der Waals surface area (Å²) >= 11 is 0. The SMILES string of the molecule is CC(C)Cn1c(O)c(C(=O)NC2CC2)c(=O)n2ncc(CNC(=O)C3CCC(F)(F)CC3)c12. The van der Waals surface area contributed by atoms with E-state index >= 15 is 0 Å². The highest BCUT2D eigenvalue weighted by molar-refractivity contribution is 5.96. The Balaban J connectivity index is 1.62. The molecule has 2 saturated carbocycles. The summed E-state index contributed by atoms with van der Waals surface area (Å²) in [6, 6.07) is 0.00803. The highest BCUT2D eigenvalue weighted by Crippen LogP contribution is 2.36. The molecule has 180 valence electrons.